The molecule has 0 aliphatic rings. The van der Waals surface area contributed by atoms with E-state index in [1.807, 2.05) is 13.0 Å². The van der Waals surface area contributed by atoms with Crippen molar-refractivity contribution >= 4 is 11.8 Å². The molecule has 1 aromatic heterocycles. The largest absolute Gasteiger partial charge is 0.368 e. The molecule has 96 valence electrons. The van der Waals surface area contributed by atoms with Crippen LogP contribution in [0.2, 0.25) is 0 Å². The number of nitrogen functional groups attached to an aromatic ring is 1. The molecule has 6 nitrogen and oxygen atoms in total. The molecule has 0 saturated carbocycles. The summed E-state index contributed by atoms with van der Waals surface area (Å²) in [6.07, 6.45) is 0. The summed E-state index contributed by atoms with van der Waals surface area (Å²) in [6, 6.07) is 1.90. The van der Waals surface area contributed by atoms with Crippen LogP contribution in [0.5, 0.6) is 0 Å². The van der Waals surface area contributed by atoms with Crippen LogP contribution in [0, 0.1) is 6.92 Å². The Hall–Kier alpha value is -1.40. The van der Waals surface area contributed by atoms with Crippen LogP contribution in [-0.4, -0.2) is 41.0 Å². The van der Waals surface area contributed by atoms with Gasteiger partial charge in [-0.05, 0) is 34.9 Å². The second kappa shape index (κ2) is 5.29. The van der Waals surface area contributed by atoms with Gasteiger partial charge in [0.1, 0.15) is 5.82 Å². The molecule has 0 amide bonds. The molecular formula is C11H22N6. The highest BCUT2D eigenvalue weighted by Crippen LogP contribution is 2.13. The Morgan fingerprint density at radius 2 is 2.00 bits per heavy atom. The van der Waals surface area contributed by atoms with Gasteiger partial charge in [-0.3, -0.25) is 5.43 Å². The summed E-state index contributed by atoms with van der Waals surface area (Å²) in [6.45, 7) is 7.03. The van der Waals surface area contributed by atoms with Crippen LogP contribution < -0.4 is 16.6 Å². The molecule has 0 aliphatic carbocycles. The van der Waals surface area contributed by atoms with E-state index in [2.05, 4.69) is 53.6 Å². The zero-order valence-electron chi connectivity index (χ0n) is 11.2. The van der Waals surface area contributed by atoms with E-state index in [1.54, 1.807) is 0 Å². The number of anilines is 2. The summed E-state index contributed by atoms with van der Waals surface area (Å²) in [5.74, 6) is 6.51. The van der Waals surface area contributed by atoms with Crippen molar-refractivity contribution in [3.05, 3.63) is 11.8 Å². The van der Waals surface area contributed by atoms with Gasteiger partial charge in [-0.1, -0.05) is 0 Å². The zero-order chi connectivity index (χ0) is 13.1. The third kappa shape index (κ3) is 3.83. The SMILES string of the molecule is Cc1cc(NCC(C)(C)N(C)C)nc(NN)n1. The van der Waals surface area contributed by atoms with Crippen molar-refractivity contribution in [2.24, 2.45) is 5.84 Å². The van der Waals surface area contributed by atoms with Crippen molar-refractivity contribution in [2.75, 3.05) is 31.4 Å². The number of likely N-dealkylation sites (N-methyl/N-ethyl adjacent to an activating group) is 1. The molecule has 0 radical (unpaired) electrons. The van der Waals surface area contributed by atoms with Crippen molar-refractivity contribution in [3.63, 3.8) is 0 Å². The highest BCUT2D eigenvalue weighted by atomic mass is 15.3. The fraction of sp³-hybridized carbons (Fsp3) is 0.636. The molecule has 0 bridgehead atoms. The Balaban J connectivity index is 2.72. The van der Waals surface area contributed by atoms with Crippen LogP contribution in [0.3, 0.4) is 0 Å². The number of nitrogens with one attached hydrogen (secondary N) is 2. The lowest BCUT2D eigenvalue weighted by atomic mass is 10.0. The van der Waals surface area contributed by atoms with E-state index in [1.165, 1.54) is 0 Å². The normalized spacial score (nSPS) is 11.7. The van der Waals surface area contributed by atoms with Crippen molar-refractivity contribution in [1.29, 1.82) is 0 Å². The second-order valence-electron chi connectivity index (χ2n) is 4.92. The van der Waals surface area contributed by atoms with E-state index in [9.17, 15) is 0 Å². The van der Waals surface area contributed by atoms with Crippen LogP contribution in [-0.2, 0) is 0 Å². The molecule has 0 atom stereocenters. The van der Waals surface area contributed by atoms with Gasteiger partial charge in [-0.25, -0.2) is 10.8 Å². The average Bonchev–Trinajstić information content (AvgIpc) is 2.25. The van der Waals surface area contributed by atoms with Crippen molar-refractivity contribution in [1.82, 2.24) is 14.9 Å². The Labute approximate surface area is 103 Å². The maximum absolute atomic E-state index is 5.31. The smallest absolute Gasteiger partial charge is 0.239 e. The Kier molecular flexibility index (Phi) is 4.25. The lowest BCUT2D eigenvalue weighted by molar-refractivity contribution is 0.210. The monoisotopic (exact) mass is 238 g/mol. The minimum Gasteiger partial charge on any atom is -0.368 e. The van der Waals surface area contributed by atoms with Gasteiger partial charge < -0.3 is 10.2 Å². The topological polar surface area (TPSA) is 79.1 Å². The molecule has 0 unspecified atom stereocenters. The summed E-state index contributed by atoms with van der Waals surface area (Å²) < 4.78 is 0. The molecule has 17 heavy (non-hydrogen) atoms. The number of aromatic nitrogens is 2. The van der Waals surface area contributed by atoms with E-state index < -0.39 is 0 Å². The molecule has 6 heteroatoms. The van der Waals surface area contributed by atoms with E-state index >= 15 is 0 Å². The number of aryl methyl sites for hydroxylation is 1. The molecule has 0 aliphatic heterocycles. The van der Waals surface area contributed by atoms with Gasteiger partial charge in [-0.15, -0.1) is 0 Å². The van der Waals surface area contributed by atoms with Crippen molar-refractivity contribution < 1.29 is 0 Å². The first-order valence-corrected chi connectivity index (χ1v) is 5.59. The molecule has 0 fully saturated rings. The van der Waals surface area contributed by atoms with Crippen LogP contribution in [0.1, 0.15) is 19.5 Å². The molecule has 0 aromatic carbocycles. The summed E-state index contributed by atoms with van der Waals surface area (Å²) in [5.41, 5.74) is 3.38. The average molecular weight is 238 g/mol. The van der Waals surface area contributed by atoms with Gasteiger partial charge in [0.25, 0.3) is 0 Å². The van der Waals surface area contributed by atoms with Gasteiger partial charge in [0.15, 0.2) is 0 Å². The van der Waals surface area contributed by atoms with Crippen molar-refractivity contribution in [2.45, 2.75) is 26.3 Å². The van der Waals surface area contributed by atoms with Gasteiger partial charge in [0, 0.05) is 23.8 Å². The first kappa shape index (κ1) is 13.7. The molecule has 1 aromatic rings. The van der Waals surface area contributed by atoms with Crippen molar-refractivity contribution in [3.8, 4) is 0 Å². The minimum atomic E-state index is 0.0508. The minimum absolute atomic E-state index is 0.0508. The zero-order valence-corrected chi connectivity index (χ0v) is 11.2. The summed E-state index contributed by atoms with van der Waals surface area (Å²) in [5, 5.41) is 3.29. The fourth-order valence-electron chi connectivity index (χ4n) is 1.19. The second-order valence-corrected chi connectivity index (χ2v) is 4.92. The van der Waals surface area contributed by atoms with Crippen LogP contribution in [0.15, 0.2) is 6.07 Å². The maximum atomic E-state index is 5.31. The first-order chi connectivity index (χ1) is 7.85. The Bertz CT molecular complexity index is 374. The number of hydrogen-bond acceptors (Lipinski definition) is 6. The van der Waals surface area contributed by atoms with Gasteiger partial charge in [0.05, 0.1) is 0 Å². The number of rotatable bonds is 5. The Morgan fingerprint density at radius 1 is 1.35 bits per heavy atom. The van der Waals surface area contributed by atoms with Gasteiger partial charge >= 0.3 is 0 Å². The van der Waals surface area contributed by atoms with Crippen LogP contribution >= 0.6 is 0 Å². The predicted molar refractivity (Wildman–Crippen MR) is 70.8 cm³/mol. The summed E-state index contributed by atoms with van der Waals surface area (Å²) >= 11 is 0. The van der Waals surface area contributed by atoms with E-state index in [4.69, 9.17) is 5.84 Å². The summed E-state index contributed by atoms with van der Waals surface area (Å²) in [7, 11) is 4.11. The van der Waals surface area contributed by atoms with Crippen LogP contribution in [0.25, 0.3) is 0 Å². The number of nitrogens with zero attached hydrogens (tertiary/aromatic N) is 3. The highest BCUT2D eigenvalue weighted by molar-refractivity contribution is 5.41. The third-order valence-electron chi connectivity index (χ3n) is 2.90. The lowest BCUT2D eigenvalue weighted by Gasteiger charge is -2.32. The number of hydrogen-bond donors (Lipinski definition) is 3. The van der Waals surface area contributed by atoms with E-state index in [0.29, 0.717) is 5.95 Å². The molecular weight excluding hydrogens is 216 g/mol. The maximum Gasteiger partial charge on any atom is 0.239 e. The standard InChI is InChI=1S/C11H22N6/c1-8-6-9(15-10(14-8)16-12)13-7-11(2,3)17(4)5/h6H,7,12H2,1-5H3,(H2,13,14,15,16). The number of nitrogens with two attached hydrogens (primary N) is 1. The van der Waals surface area contributed by atoms with Gasteiger partial charge in [-0.2, -0.15) is 4.98 Å². The first-order valence-electron chi connectivity index (χ1n) is 5.59. The number of hydrazine groups is 1. The molecule has 1 heterocycles. The quantitative estimate of drug-likeness (QED) is 0.521. The summed E-state index contributed by atoms with van der Waals surface area (Å²) in [4.78, 5) is 10.5. The Morgan fingerprint density at radius 3 is 2.53 bits per heavy atom. The van der Waals surface area contributed by atoms with Crippen LogP contribution in [0.4, 0.5) is 11.8 Å². The molecule has 4 N–H and O–H groups in total. The predicted octanol–water partition coefficient (Wildman–Crippen LogP) is 0.823. The lowest BCUT2D eigenvalue weighted by Crippen LogP contribution is -2.44. The van der Waals surface area contributed by atoms with E-state index in [-0.39, 0.29) is 5.54 Å². The molecule has 1 rings (SSSR count). The van der Waals surface area contributed by atoms with E-state index in [0.717, 1.165) is 18.1 Å². The van der Waals surface area contributed by atoms with Gasteiger partial charge in [0.2, 0.25) is 5.95 Å². The molecule has 0 saturated heterocycles. The fourth-order valence-corrected chi connectivity index (χ4v) is 1.19. The highest BCUT2D eigenvalue weighted by Gasteiger charge is 2.20. The molecule has 0 spiro atoms. The third-order valence-corrected chi connectivity index (χ3v) is 2.90.